The molecule has 1 aliphatic rings. The first kappa shape index (κ1) is 11.3. The van der Waals surface area contributed by atoms with Crippen molar-refractivity contribution in [3.8, 4) is 0 Å². The number of piperidine rings is 1. The molecule has 1 saturated heterocycles. The minimum atomic E-state index is 0.190. The van der Waals surface area contributed by atoms with Gasteiger partial charge in [0.1, 0.15) is 0 Å². The van der Waals surface area contributed by atoms with Crippen molar-refractivity contribution in [3.63, 3.8) is 0 Å². The van der Waals surface area contributed by atoms with Gasteiger partial charge in [-0.2, -0.15) is 0 Å². The number of hydrogen-bond donors (Lipinski definition) is 1. The summed E-state index contributed by atoms with van der Waals surface area (Å²) in [6.45, 7) is 5.11. The van der Waals surface area contributed by atoms with Crippen LogP contribution in [0, 0.1) is 13.8 Å². The Morgan fingerprint density at radius 2 is 2.00 bits per heavy atom. The third kappa shape index (κ3) is 2.32. The Morgan fingerprint density at radius 1 is 1.31 bits per heavy atom. The van der Waals surface area contributed by atoms with Crippen LogP contribution in [0.25, 0.3) is 0 Å². The van der Waals surface area contributed by atoms with E-state index in [0.29, 0.717) is 0 Å². The standard InChI is InChI=1S/C12H19N3O/c1-9-7-10(2)14-12(13-9)15-6-4-3-5-11(15)8-16/h7,11,16H,3-6,8H2,1-2H3/t11-/m0/s1. The van der Waals surface area contributed by atoms with E-state index in [0.717, 1.165) is 36.7 Å². The Bertz CT molecular complexity index is 347. The smallest absolute Gasteiger partial charge is 0.226 e. The van der Waals surface area contributed by atoms with Crippen molar-refractivity contribution in [1.82, 2.24) is 9.97 Å². The van der Waals surface area contributed by atoms with E-state index in [1.807, 2.05) is 19.9 Å². The van der Waals surface area contributed by atoms with Gasteiger partial charge in [0.05, 0.1) is 12.6 Å². The van der Waals surface area contributed by atoms with E-state index in [4.69, 9.17) is 0 Å². The monoisotopic (exact) mass is 221 g/mol. The molecular formula is C12H19N3O. The normalized spacial score (nSPS) is 21.2. The van der Waals surface area contributed by atoms with E-state index in [-0.39, 0.29) is 12.6 Å². The van der Waals surface area contributed by atoms with Gasteiger partial charge in [-0.05, 0) is 39.2 Å². The third-order valence-corrected chi connectivity index (χ3v) is 3.07. The fourth-order valence-corrected chi connectivity index (χ4v) is 2.29. The van der Waals surface area contributed by atoms with E-state index >= 15 is 0 Å². The number of nitrogens with zero attached hydrogens (tertiary/aromatic N) is 3. The van der Waals surface area contributed by atoms with Crippen molar-refractivity contribution in [1.29, 1.82) is 0 Å². The molecule has 4 nitrogen and oxygen atoms in total. The molecule has 1 aromatic rings. The Morgan fingerprint density at radius 3 is 2.62 bits per heavy atom. The summed E-state index contributed by atoms with van der Waals surface area (Å²) in [6, 6.07) is 2.16. The van der Waals surface area contributed by atoms with Crippen LogP contribution in [0.4, 0.5) is 5.95 Å². The quantitative estimate of drug-likeness (QED) is 0.821. The molecule has 1 fully saturated rings. The van der Waals surface area contributed by atoms with Crippen LogP contribution in [-0.4, -0.2) is 34.3 Å². The van der Waals surface area contributed by atoms with Crippen LogP contribution in [-0.2, 0) is 0 Å². The van der Waals surface area contributed by atoms with Crippen molar-refractivity contribution in [2.75, 3.05) is 18.1 Å². The number of rotatable bonds is 2. The van der Waals surface area contributed by atoms with E-state index in [2.05, 4.69) is 14.9 Å². The molecular weight excluding hydrogens is 202 g/mol. The molecule has 1 aromatic heterocycles. The molecule has 0 aliphatic carbocycles. The molecule has 4 heteroatoms. The molecule has 1 aliphatic heterocycles. The van der Waals surface area contributed by atoms with Crippen molar-refractivity contribution < 1.29 is 5.11 Å². The summed E-state index contributed by atoms with van der Waals surface area (Å²) >= 11 is 0. The highest BCUT2D eigenvalue weighted by Gasteiger charge is 2.23. The first-order valence-corrected chi connectivity index (χ1v) is 5.90. The van der Waals surface area contributed by atoms with Crippen LogP contribution in [0.5, 0.6) is 0 Å². The lowest BCUT2D eigenvalue weighted by atomic mass is 10.0. The van der Waals surface area contributed by atoms with Gasteiger partial charge in [-0.1, -0.05) is 0 Å². The van der Waals surface area contributed by atoms with Gasteiger partial charge in [-0.15, -0.1) is 0 Å². The predicted octanol–water partition coefficient (Wildman–Crippen LogP) is 1.44. The Balaban J connectivity index is 2.26. The minimum absolute atomic E-state index is 0.190. The van der Waals surface area contributed by atoms with Gasteiger partial charge in [0.2, 0.25) is 5.95 Å². The van der Waals surface area contributed by atoms with Gasteiger partial charge in [-0.3, -0.25) is 0 Å². The van der Waals surface area contributed by atoms with Crippen molar-refractivity contribution in [2.45, 2.75) is 39.2 Å². The summed E-state index contributed by atoms with van der Waals surface area (Å²) in [7, 11) is 0. The molecule has 1 atom stereocenters. The summed E-state index contributed by atoms with van der Waals surface area (Å²) in [5.74, 6) is 0.774. The molecule has 2 heterocycles. The number of aromatic nitrogens is 2. The molecule has 0 saturated carbocycles. The van der Waals surface area contributed by atoms with E-state index in [9.17, 15) is 5.11 Å². The Kier molecular flexibility index (Phi) is 3.39. The maximum atomic E-state index is 9.36. The highest BCUT2D eigenvalue weighted by molar-refractivity contribution is 5.34. The molecule has 2 rings (SSSR count). The highest BCUT2D eigenvalue weighted by Crippen LogP contribution is 2.21. The van der Waals surface area contributed by atoms with Gasteiger partial charge < -0.3 is 10.0 Å². The molecule has 0 spiro atoms. The minimum Gasteiger partial charge on any atom is -0.394 e. The van der Waals surface area contributed by atoms with Crippen LogP contribution in [0.15, 0.2) is 6.07 Å². The molecule has 0 aromatic carbocycles. The zero-order valence-corrected chi connectivity index (χ0v) is 9.98. The Labute approximate surface area is 96.3 Å². The maximum absolute atomic E-state index is 9.36. The van der Waals surface area contributed by atoms with Crippen LogP contribution < -0.4 is 4.90 Å². The molecule has 0 unspecified atom stereocenters. The number of aryl methyl sites for hydroxylation is 2. The fraction of sp³-hybridized carbons (Fsp3) is 0.667. The van der Waals surface area contributed by atoms with Crippen molar-refractivity contribution >= 4 is 5.95 Å². The van der Waals surface area contributed by atoms with E-state index in [1.54, 1.807) is 0 Å². The van der Waals surface area contributed by atoms with Gasteiger partial charge in [-0.25, -0.2) is 9.97 Å². The fourth-order valence-electron chi connectivity index (χ4n) is 2.29. The van der Waals surface area contributed by atoms with Crippen LogP contribution in [0.2, 0.25) is 0 Å². The second kappa shape index (κ2) is 4.78. The van der Waals surface area contributed by atoms with E-state index < -0.39 is 0 Å². The van der Waals surface area contributed by atoms with Crippen LogP contribution in [0.1, 0.15) is 30.7 Å². The summed E-state index contributed by atoms with van der Waals surface area (Å²) in [6.07, 6.45) is 3.38. The lowest BCUT2D eigenvalue weighted by Crippen LogP contribution is -2.43. The van der Waals surface area contributed by atoms with Gasteiger partial charge >= 0.3 is 0 Å². The van der Waals surface area contributed by atoms with E-state index in [1.165, 1.54) is 6.42 Å². The maximum Gasteiger partial charge on any atom is 0.226 e. The number of aliphatic hydroxyl groups excluding tert-OH is 1. The second-order valence-corrected chi connectivity index (χ2v) is 4.48. The number of anilines is 1. The molecule has 0 amide bonds. The summed E-state index contributed by atoms with van der Waals surface area (Å²) in [4.78, 5) is 11.1. The average molecular weight is 221 g/mol. The average Bonchev–Trinajstić information content (AvgIpc) is 2.27. The largest absolute Gasteiger partial charge is 0.394 e. The second-order valence-electron chi connectivity index (χ2n) is 4.48. The highest BCUT2D eigenvalue weighted by atomic mass is 16.3. The Hall–Kier alpha value is -1.16. The molecule has 0 bridgehead atoms. The lowest BCUT2D eigenvalue weighted by molar-refractivity contribution is 0.238. The summed E-state index contributed by atoms with van der Waals surface area (Å²) in [5, 5.41) is 9.36. The lowest BCUT2D eigenvalue weighted by Gasteiger charge is -2.34. The zero-order valence-electron chi connectivity index (χ0n) is 9.98. The van der Waals surface area contributed by atoms with Gasteiger partial charge in [0.25, 0.3) is 0 Å². The number of aliphatic hydroxyl groups is 1. The van der Waals surface area contributed by atoms with Gasteiger partial charge in [0.15, 0.2) is 0 Å². The van der Waals surface area contributed by atoms with Crippen LogP contribution >= 0.6 is 0 Å². The van der Waals surface area contributed by atoms with Gasteiger partial charge in [0, 0.05) is 17.9 Å². The first-order valence-electron chi connectivity index (χ1n) is 5.90. The molecule has 16 heavy (non-hydrogen) atoms. The molecule has 1 N–H and O–H groups in total. The molecule has 88 valence electrons. The SMILES string of the molecule is Cc1cc(C)nc(N2CCCC[C@H]2CO)n1. The topological polar surface area (TPSA) is 49.2 Å². The summed E-state index contributed by atoms with van der Waals surface area (Å²) < 4.78 is 0. The third-order valence-electron chi connectivity index (χ3n) is 3.07. The predicted molar refractivity (Wildman–Crippen MR) is 63.6 cm³/mol. The van der Waals surface area contributed by atoms with Crippen molar-refractivity contribution in [2.24, 2.45) is 0 Å². The zero-order chi connectivity index (χ0) is 11.5. The molecule has 0 radical (unpaired) electrons. The first-order chi connectivity index (χ1) is 7.70. The van der Waals surface area contributed by atoms with Crippen molar-refractivity contribution in [3.05, 3.63) is 17.5 Å². The summed E-state index contributed by atoms with van der Waals surface area (Å²) in [5.41, 5.74) is 1.98. The van der Waals surface area contributed by atoms with Crippen LogP contribution in [0.3, 0.4) is 0 Å². The number of hydrogen-bond acceptors (Lipinski definition) is 4.